The van der Waals surface area contributed by atoms with Crippen LogP contribution in [0.4, 0.5) is 0 Å². The molecule has 2 nitrogen and oxygen atoms in total. The minimum atomic E-state index is -0.0256. The fraction of sp³-hybridized carbons (Fsp3) is 0.417. The molecule has 16 heavy (non-hydrogen) atoms. The predicted octanol–water partition coefficient (Wildman–Crippen LogP) is 4.00. The molecule has 0 aliphatic rings. The molecular formula is C12H15BrClNO. The van der Waals surface area contributed by atoms with E-state index in [4.69, 9.17) is 11.6 Å². The molecule has 0 aliphatic heterocycles. The molecule has 4 heteroatoms. The third-order valence-corrected chi connectivity index (χ3v) is 3.55. The van der Waals surface area contributed by atoms with Crippen molar-refractivity contribution in [1.82, 2.24) is 5.32 Å². The lowest BCUT2D eigenvalue weighted by Crippen LogP contribution is -2.26. The zero-order valence-corrected chi connectivity index (χ0v) is 11.9. The van der Waals surface area contributed by atoms with E-state index in [1.807, 2.05) is 26.0 Å². The number of hydrogen-bond donors (Lipinski definition) is 1. The number of halogens is 2. The molecule has 1 amide bonds. The van der Waals surface area contributed by atoms with Crippen LogP contribution in [0.15, 0.2) is 16.6 Å². The number of hydrogen-bond acceptors (Lipinski definition) is 1. The molecule has 0 spiro atoms. The number of nitrogens with one attached hydrogen (secondary N) is 1. The van der Waals surface area contributed by atoms with Crippen LogP contribution >= 0.6 is 27.5 Å². The first-order valence-electron chi connectivity index (χ1n) is 5.18. The van der Waals surface area contributed by atoms with Crippen LogP contribution in [0.1, 0.15) is 37.4 Å². The summed E-state index contributed by atoms with van der Waals surface area (Å²) < 4.78 is 0.971. The molecule has 0 bridgehead atoms. The van der Waals surface area contributed by atoms with E-state index in [1.165, 1.54) is 6.92 Å². The average Bonchev–Trinajstić information content (AvgIpc) is 2.20. The summed E-state index contributed by atoms with van der Waals surface area (Å²) in [5, 5.41) is 3.60. The van der Waals surface area contributed by atoms with E-state index < -0.39 is 0 Å². The topological polar surface area (TPSA) is 29.1 Å². The Morgan fingerprint density at radius 2 is 2.19 bits per heavy atom. The van der Waals surface area contributed by atoms with Crippen LogP contribution in [0.3, 0.4) is 0 Å². The summed E-state index contributed by atoms with van der Waals surface area (Å²) in [5.74, 6) is -0.0256. The first kappa shape index (κ1) is 13.5. The van der Waals surface area contributed by atoms with Gasteiger partial charge in [0.15, 0.2) is 0 Å². The van der Waals surface area contributed by atoms with Crippen molar-refractivity contribution in [2.75, 3.05) is 0 Å². The lowest BCUT2D eigenvalue weighted by Gasteiger charge is -2.19. The fourth-order valence-corrected chi connectivity index (χ4v) is 2.51. The van der Waals surface area contributed by atoms with Gasteiger partial charge in [0, 0.05) is 16.4 Å². The van der Waals surface area contributed by atoms with Gasteiger partial charge in [-0.05, 0) is 36.6 Å². The van der Waals surface area contributed by atoms with Crippen LogP contribution in [-0.2, 0) is 4.79 Å². The van der Waals surface area contributed by atoms with Gasteiger partial charge in [-0.25, -0.2) is 0 Å². The highest BCUT2D eigenvalue weighted by Gasteiger charge is 2.15. The summed E-state index contributed by atoms with van der Waals surface area (Å²) in [4.78, 5) is 11.1. The van der Waals surface area contributed by atoms with E-state index >= 15 is 0 Å². The van der Waals surface area contributed by atoms with E-state index in [0.717, 1.165) is 22.0 Å². The number of carbonyl (C=O) groups excluding carboxylic acids is 1. The largest absolute Gasteiger partial charge is 0.350 e. The summed E-state index contributed by atoms with van der Waals surface area (Å²) in [6.45, 7) is 5.58. The molecule has 1 atom stereocenters. The van der Waals surface area contributed by atoms with Gasteiger partial charge in [0.05, 0.1) is 6.04 Å². The second-order valence-corrected chi connectivity index (χ2v) is 5.05. The molecule has 1 aromatic rings. The molecule has 88 valence electrons. The van der Waals surface area contributed by atoms with Crippen molar-refractivity contribution in [3.63, 3.8) is 0 Å². The van der Waals surface area contributed by atoms with Crippen LogP contribution in [0.5, 0.6) is 0 Å². The second-order valence-electron chi connectivity index (χ2n) is 3.76. The quantitative estimate of drug-likeness (QED) is 0.898. The van der Waals surface area contributed by atoms with Crippen molar-refractivity contribution >= 4 is 33.4 Å². The van der Waals surface area contributed by atoms with Crippen molar-refractivity contribution in [1.29, 1.82) is 0 Å². The van der Waals surface area contributed by atoms with Crippen LogP contribution < -0.4 is 5.32 Å². The van der Waals surface area contributed by atoms with Gasteiger partial charge < -0.3 is 5.32 Å². The maximum absolute atomic E-state index is 11.1. The van der Waals surface area contributed by atoms with Gasteiger partial charge in [0.2, 0.25) is 5.91 Å². The minimum Gasteiger partial charge on any atom is -0.350 e. The minimum absolute atomic E-state index is 0.0208. The predicted molar refractivity (Wildman–Crippen MR) is 70.7 cm³/mol. The van der Waals surface area contributed by atoms with Gasteiger partial charge in [-0.2, -0.15) is 0 Å². The second kappa shape index (κ2) is 5.69. The van der Waals surface area contributed by atoms with Gasteiger partial charge in [0.25, 0.3) is 0 Å². The zero-order chi connectivity index (χ0) is 12.3. The van der Waals surface area contributed by atoms with Gasteiger partial charge in [0.1, 0.15) is 0 Å². The zero-order valence-electron chi connectivity index (χ0n) is 9.60. The Balaban J connectivity index is 3.13. The van der Waals surface area contributed by atoms with Crippen molar-refractivity contribution in [2.45, 2.75) is 33.2 Å². The average molecular weight is 305 g/mol. The summed E-state index contributed by atoms with van der Waals surface area (Å²) in [6, 6.07) is 3.79. The Hall–Kier alpha value is -0.540. The number of amides is 1. The Morgan fingerprint density at radius 1 is 1.56 bits per heavy atom. The maximum Gasteiger partial charge on any atom is 0.217 e. The highest BCUT2D eigenvalue weighted by molar-refractivity contribution is 9.10. The third kappa shape index (κ3) is 3.22. The Kier molecular flexibility index (Phi) is 4.81. The highest BCUT2D eigenvalue weighted by Crippen LogP contribution is 2.30. The first-order valence-corrected chi connectivity index (χ1v) is 6.35. The molecule has 0 aromatic heterocycles. The summed E-state index contributed by atoms with van der Waals surface area (Å²) in [5.41, 5.74) is 2.18. The molecule has 1 rings (SSSR count). The normalized spacial score (nSPS) is 12.3. The molecule has 1 unspecified atom stereocenters. The first-order chi connectivity index (χ1) is 7.45. The summed E-state index contributed by atoms with van der Waals surface area (Å²) in [6.07, 6.45) is 0.840. The molecule has 0 saturated carbocycles. The van der Waals surface area contributed by atoms with E-state index in [2.05, 4.69) is 21.2 Å². The van der Waals surface area contributed by atoms with E-state index in [0.29, 0.717) is 5.02 Å². The van der Waals surface area contributed by atoms with E-state index in [-0.39, 0.29) is 11.9 Å². The Bertz CT molecular complexity index is 406. The van der Waals surface area contributed by atoms with Gasteiger partial charge in [-0.15, -0.1) is 0 Å². The fourth-order valence-electron chi connectivity index (χ4n) is 1.67. The molecule has 0 saturated heterocycles. The van der Waals surface area contributed by atoms with Crippen LogP contribution in [0, 0.1) is 6.92 Å². The van der Waals surface area contributed by atoms with Crippen molar-refractivity contribution in [2.24, 2.45) is 0 Å². The Labute approximate surface area is 110 Å². The number of benzene rings is 1. The van der Waals surface area contributed by atoms with Gasteiger partial charge in [-0.3, -0.25) is 4.79 Å². The standard InChI is InChI=1S/C12H15BrClNO/c1-4-12(15-8(3)16)10-5-9(14)6-11(13)7(10)2/h5-6,12H,4H2,1-3H3,(H,15,16). The van der Waals surface area contributed by atoms with Gasteiger partial charge in [-0.1, -0.05) is 34.5 Å². The molecule has 0 heterocycles. The van der Waals surface area contributed by atoms with Crippen LogP contribution in [-0.4, -0.2) is 5.91 Å². The van der Waals surface area contributed by atoms with Crippen LogP contribution in [0.25, 0.3) is 0 Å². The molecule has 0 aliphatic carbocycles. The molecular weight excluding hydrogens is 289 g/mol. The molecule has 0 fully saturated rings. The van der Waals surface area contributed by atoms with E-state index in [1.54, 1.807) is 0 Å². The summed E-state index contributed by atoms with van der Waals surface area (Å²) >= 11 is 9.48. The molecule has 0 radical (unpaired) electrons. The monoisotopic (exact) mass is 303 g/mol. The van der Waals surface area contributed by atoms with Gasteiger partial charge >= 0.3 is 0 Å². The number of rotatable bonds is 3. The highest BCUT2D eigenvalue weighted by atomic mass is 79.9. The van der Waals surface area contributed by atoms with Crippen LogP contribution in [0.2, 0.25) is 5.02 Å². The number of carbonyl (C=O) groups is 1. The van der Waals surface area contributed by atoms with Crippen molar-refractivity contribution in [3.05, 3.63) is 32.8 Å². The van der Waals surface area contributed by atoms with Crippen molar-refractivity contribution < 1.29 is 4.79 Å². The van der Waals surface area contributed by atoms with Crippen molar-refractivity contribution in [3.8, 4) is 0 Å². The lowest BCUT2D eigenvalue weighted by molar-refractivity contribution is -0.119. The summed E-state index contributed by atoms with van der Waals surface area (Å²) in [7, 11) is 0. The third-order valence-electron chi connectivity index (χ3n) is 2.51. The smallest absolute Gasteiger partial charge is 0.217 e. The Morgan fingerprint density at radius 3 is 2.69 bits per heavy atom. The van der Waals surface area contributed by atoms with E-state index in [9.17, 15) is 4.79 Å². The molecule has 1 N–H and O–H groups in total. The SMILES string of the molecule is CCC(NC(C)=O)c1cc(Cl)cc(Br)c1C. The molecule has 1 aromatic carbocycles. The lowest BCUT2D eigenvalue weighted by atomic mass is 9.99. The maximum atomic E-state index is 11.1.